The van der Waals surface area contributed by atoms with Crippen molar-refractivity contribution in [2.45, 2.75) is 65.0 Å². The minimum absolute atomic E-state index is 0.0625. The third-order valence-corrected chi connectivity index (χ3v) is 7.85. The first-order valence-corrected chi connectivity index (χ1v) is 13.0. The molecule has 0 spiro atoms. The van der Waals surface area contributed by atoms with Gasteiger partial charge >= 0.3 is 0 Å². The van der Waals surface area contributed by atoms with E-state index >= 15 is 0 Å². The van der Waals surface area contributed by atoms with Crippen molar-refractivity contribution in [2.24, 2.45) is 0 Å². The third-order valence-electron chi connectivity index (χ3n) is 7.85. The lowest BCUT2D eigenvalue weighted by Crippen LogP contribution is -2.46. The fourth-order valence-corrected chi connectivity index (χ4v) is 6.13. The van der Waals surface area contributed by atoms with Gasteiger partial charge in [0.15, 0.2) is 11.6 Å². The lowest BCUT2D eigenvalue weighted by atomic mass is 9.83. The molecule has 0 saturated heterocycles. The summed E-state index contributed by atoms with van der Waals surface area (Å²) in [6, 6.07) is 26.0. The molecule has 182 valence electrons. The molecule has 0 bridgehead atoms. The fraction of sp³-hybridized carbons (Fsp3) is 0.312. The number of anilines is 4. The molecule has 0 amide bonds. The average molecular weight is 475 g/mol. The molecule has 3 heterocycles. The van der Waals surface area contributed by atoms with Crippen LogP contribution in [0.4, 0.5) is 23.0 Å². The Hall–Kier alpha value is -3.66. The number of fused-ring (bicyclic) bond motifs is 5. The van der Waals surface area contributed by atoms with E-state index in [0.717, 1.165) is 23.0 Å². The smallest absolute Gasteiger partial charge is 0.179 e. The molecular weight excluding hydrogens is 440 g/mol. The second-order valence-electron chi connectivity index (χ2n) is 11.2. The number of benzene rings is 3. The molecular formula is C32H34N4. The molecule has 4 heteroatoms. The molecule has 2 aliphatic rings. The highest BCUT2D eigenvalue weighted by atomic mass is 15.5. The maximum atomic E-state index is 5.41. The van der Waals surface area contributed by atoms with Gasteiger partial charge in [0.05, 0.1) is 11.9 Å². The van der Waals surface area contributed by atoms with Crippen LogP contribution in [0.1, 0.15) is 70.1 Å². The van der Waals surface area contributed by atoms with Gasteiger partial charge in [-0.05, 0) is 46.7 Å². The van der Waals surface area contributed by atoms with Gasteiger partial charge in [-0.3, -0.25) is 0 Å². The van der Waals surface area contributed by atoms with Crippen LogP contribution in [0.15, 0.2) is 79.0 Å². The summed E-state index contributed by atoms with van der Waals surface area (Å²) in [6.45, 7) is 13.7. The van der Waals surface area contributed by atoms with Gasteiger partial charge in [0.25, 0.3) is 0 Å². The normalized spacial score (nSPS) is 17.5. The fourth-order valence-electron chi connectivity index (χ4n) is 6.13. The maximum absolute atomic E-state index is 5.41. The molecule has 3 aromatic carbocycles. The predicted octanol–water partition coefficient (Wildman–Crippen LogP) is 8.30. The van der Waals surface area contributed by atoms with E-state index in [2.05, 4.69) is 124 Å². The van der Waals surface area contributed by atoms with Crippen LogP contribution >= 0.6 is 0 Å². The van der Waals surface area contributed by atoms with E-state index in [1.165, 1.54) is 27.9 Å². The Kier molecular flexibility index (Phi) is 5.18. The van der Waals surface area contributed by atoms with Gasteiger partial charge in [-0.25, -0.2) is 9.97 Å². The van der Waals surface area contributed by atoms with Gasteiger partial charge in [0.1, 0.15) is 6.17 Å². The zero-order chi connectivity index (χ0) is 25.2. The van der Waals surface area contributed by atoms with Crippen molar-refractivity contribution in [3.8, 4) is 11.3 Å². The number of hydrogen-bond donors (Lipinski definition) is 0. The van der Waals surface area contributed by atoms with E-state index in [1.54, 1.807) is 0 Å². The molecule has 36 heavy (non-hydrogen) atoms. The molecule has 2 aliphatic heterocycles. The average Bonchev–Trinajstić information content (AvgIpc) is 3.34. The summed E-state index contributed by atoms with van der Waals surface area (Å²) in [6.07, 6.45) is 2.05. The van der Waals surface area contributed by atoms with Gasteiger partial charge in [0.2, 0.25) is 0 Å². The highest BCUT2D eigenvalue weighted by Crippen LogP contribution is 2.58. The highest BCUT2D eigenvalue weighted by Gasteiger charge is 2.54. The second kappa shape index (κ2) is 8.19. The van der Waals surface area contributed by atoms with Crippen LogP contribution in [-0.2, 0) is 5.41 Å². The first-order chi connectivity index (χ1) is 17.3. The zero-order valence-corrected chi connectivity index (χ0v) is 22.0. The largest absolute Gasteiger partial charge is 0.301 e. The molecule has 4 nitrogen and oxygen atoms in total. The Morgan fingerprint density at radius 2 is 1.36 bits per heavy atom. The van der Waals surface area contributed by atoms with Crippen molar-refractivity contribution in [3.05, 3.63) is 95.7 Å². The lowest BCUT2D eigenvalue weighted by Gasteiger charge is -2.36. The van der Waals surface area contributed by atoms with Gasteiger partial charge in [-0.2, -0.15) is 0 Å². The summed E-state index contributed by atoms with van der Waals surface area (Å²) >= 11 is 0. The van der Waals surface area contributed by atoms with Crippen molar-refractivity contribution in [2.75, 3.05) is 9.80 Å². The van der Waals surface area contributed by atoms with Crippen LogP contribution in [-0.4, -0.2) is 16.1 Å². The van der Waals surface area contributed by atoms with Crippen LogP contribution in [0.3, 0.4) is 0 Å². The SMILES string of the molecule is CC(C)c1cccc(C(C)C)c1-c1cnc2c(n1)N1c3ccccc3C(C)(C)C1N2c1ccccc1. The van der Waals surface area contributed by atoms with Crippen molar-refractivity contribution in [1.82, 2.24) is 9.97 Å². The van der Waals surface area contributed by atoms with E-state index in [0.29, 0.717) is 11.8 Å². The number of aromatic nitrogens is 2. The summed E-state index contributed by atoms with van der Waals surface area (Å²) < 4.78 is 0. The van der Waals surface area contributed by atoms with Crippen molar-refractivity contribution < 1.29 is 0 Å². The summed E-state index contributed by atoms with van der Waals surface area (Å²) in [5.74, 6) is 2.65. The predicted molar refractivity (Wildman–Crippen MR) is 150 cm³/mol. The summed E-state index contributed by atoms with van der Waals surface area (Å²) in [5, 5.41) is 0. The summed E-state index contributed by atoms with van der Waals surface area (Å²) in [5.41, 5.74) is 8.43. The number of nitrogens with zero attached hydrogens (tertiary/aromatic N) is 4. The van der Waals surface area contributed by atoms with Crippen molar-refractivity contribution in [1.29, 1.82) is 0 Å². The quantitative estimate of drug-likeness (QED) is 0.298. The highest BCUT2D eigenvalue weighted by molar-refractivity contribution is 5.89. The summed E-state index contributed by atoms with van der Waals surface area (Å²) in [7, 11) is 0. The Balaban J connectivity index is 1.62. The molecule has 0 fully saturated rings. The third kappa shape index (κ3) is 3.20. The summed E-state index contributed by atoms with van der Waals surface area (Å²) in [4.78, 5) is 15.3. The van der Waals surface area contributed by atoms with Crippen LogP contribution in [0, 0.1) is 0 Å². The molecule has 6 rings (SSSR count). The Labute approximate surface area is 214 Å². The minimum Gasteiger partial charge on any atom is -0.301 e. The van der Waals surface area contributed by atoms with E-state index < -0.39 is 0 Å². The van der Waals surface area contributed by atoms with Crippen LogP contribution in [0.2, 0.25) is 0 Å². The molecule has 1 aromatic heterocycles. The zero-order valence-electron chi connectivity index (χ0n) is 22.0. The van der Waals surface area contributed by atoms with Crippen LogP contribution < -0.4 is 9.80 Å². The monoisotopic (exact) mass is 474 g/mol. The van der Waals surface area contributed by atoms with Crippen LogP contribution in [0.5, 0.6) is 0 Å². The van der Waals surface area contributed by atoms with E-state index in [1.807, 2.05) is 6.20 Å². The molecule has 0 saturated carbocycles. The molecule has 1 atom stereocenters. The van der Waals surface area contributed by atoms with E-state index in [4.69, 9.17) is 9.97 Å². The van der Waals surface area contributed by atoms with E-state index in [9.17, 15) is 0 Å². The maximum Gasteiger partial charge on any atom is 0.179 e. The number of hydrogen-bond acceptors (Lipinski definition) is 4. The lowest BCUT2D eigenvalue weighted by molar-refractivity contribution is 0.449. The van der Waals surface area contributed by atoms with Crippen molar-refractivity contribution in [3.63, 3.8) is 0 Å². The Bertz CT molecular complexity index is 1410. The van der Waals surface area contributed by atoms with Gasteiger partial charge in [-0.1, -0.05) is 96.1 Å². The van der Waals surface area contributed by atoms with Crippen molar-refractivity contribution >= 4 is 23.0 Å². The van der Waals surface area contributed by atoms with Gasteiger partial charge < -0.3 is 9.80 Å². The molecule has 4 aromatic rings. The Morgan fingerprint density at radius 3 is 2.03 bits per heavy atom. The number of rotatable bonds is 4. The van der Waals surface area contributed by atoms with Crippen LogP contribution in [0.25, 0.3) is 11.3 Å². The first-order valence-electron chi connectivity index (χ1n) is 13.0. The molecule has 0 radical (unpaired) electrons. The second-order valence-corrected chi connectivity index (χ2v) is 11.2. The molecule has 0 N–H and O–H groups in total. The molecule has 1 unspecified atom stereocenters. The first kappa shape index (κ1) is 22.8. The standard InChI is InChI=1S/C32H34N4/c1-20(2)23-15-12-16-24(21(3)4)28(23)26-19-33-29-30(34-26)36-27-18-11-10-17-25(27)32(5,6)31(36)35(29)22-13-8-7-9-14-22/h7-21,31H,1-6H3. The minimum atomic E-state index is -0.117. The van der Waals surface area contributed by atoms with Gasteiger partial charge in [0, 0.05) is 22.4 Å². The Morgan fingerprint density at radius 1 is 0.722 bits per heavy atom. The number of para-hydroxylation sites is 2. The molecule has 0 aliphatic carbocycles. The van der Waals surface area contributed by atoms with Gasteiger partial charge in [-0.15, -0.1) is 0 Å². The topological polar surface area (TPSA) is 32.3 Å². The van der Waals surface area contributed by atoms with E-state index in [-0.39, 0.29) is 11.6 Å².